The third-order valence-electron chi connectivity index (χ3n) is 4.18. The molecule has 3 N–H and O–H groups in total. The van der Waals surface area contributed by atoms with Gasteiger partial charge in [-0.25, -0.2) is 17.9 Å². The van der Waals surface area contributed by atoms with Gasteiger partial charge in [-0.3, -0.25) is 5.10 Å². The van der Waals surface area contributed by atoms with Gasteiger partial charge in [0.1, 0.15) is 5.56 Å². The summed E-state index contributed by atoms with van der Waals surface area (Å²) >= 11 is 0. The Morgan fingerprint density at radius 2 is 2.10 bits per heavy atom. The lowest BCUT2D eigenvalue weighted by molar-refractivity contribution is 0.0692. The van der Waals surface area contributed by atoms with Crippen molar-refractivity contribution in [3.63, 3.8) is 0 Å². The molecule has 1 aliphatic carbocycles. The molecule has 2 rings (SSSR count). The van der Waals surface area contributed by atoms with Crippen molar-refractivity contribution in [1.82, 2.24) is 19.8 Å². The largest absolute Gasteiger partial charge is 0.478 e. The number of carbonyl (C=O) groups is 1. The Morgan fingerprint density at radius 1 is 1.48 bits per heavy atom. The number of likely N-dealkylation sites (N-methyl/N-ethyl adjacent to an activating group) is 1. The van der Waals surface area contributed by atoms with Crippen LogP contribution in [-0.4, -0.2) is 60.8 Å². The smallest absolute Gasteiger partial charge is 0.340 e. The zero-order valence-corrected chi connectivity index (χ0v) is 12.9. The molecule has 0 amide bonds. The monoisotopic (exact) mass is 316 g/mol. The standard InChI is InChI=1S/C12H20N4O4S/c1-16(2)12(5-3-4-6-12)8-14-21(19,20)10-9(11(17)18)7-13-15-10/h7,14H,3-6,8H2,1-2H3,(H,13,15)(H,17,18). The highest BCUT2D eigenvalue weighted by molar-refractivity contribution is 7.89. The average molecular weight is 316 g/mol. The number of aromatic carboxylic acids is 1. The fourth-order valence-electron chi connectivity index (χ4n) is 2.75. The number of sulfonamides is 1. The predicted octanol–water partition coefficient (Wildman–Crippen LogP) is 0.261. The summed E-state index contributed by atoms with van der Waals surface area (Å²) in [5, 5.41) is 14.3. The fraction of sp³-hybridized carbons (Fsp3) is 0.667. The van der Waals surface area contributed by atoms with Crippen LogP contribution in [0.3, 0.4) is 0 Å². The van der Waals surface area contributed by atoms with Crippen molar-refractivity contribution in [1.29, 1.82) is 0 Å². The van der Waals surface area contributed by atoms with Crippen LogP contribution in [0.1, 0.15) is 36.0 Å². The van der Waals surface area contributed by atoms with Crippen molar-refractivity contribution in [3.8, 4) is 0 Å². The molecule has 1 aliphatic rings. The highest BCUT2D eigenvalue weighted by atomic mass is 32.2. The van der Waals surface area contributed by atoms with Crippen molar-refractivity contribution >= 4 is 16.0 Å². The molecule has 9 heteroatoms. The van der Waals surface area contributed by atoms with Crippen LogP contribution in [0.15, 0.2) is 11.2 Å². The van der Waals surface area contributed by atoms with Crippen LogP contribution in [0, 0.1) is 0 Å². The van der Waals surface area contributed by atoms with Crippen LogP contribution in [0.2, 0.25) is 0 Å². The van der Waals surface area contributed by atoms with Gasteiger partial charge in [0.25, 0.3) is 10.0 Å². The second-order valence-corrected chi connectivity index (χ2v) is 7.27. The van der Waals surface area contributed by atoms with Crippen molar-refractivity contribution in [2.24, 2.45) is 0 Å². The van der Waals surface area contributed by atoms with Gasteiger partial charge in [-0.15, -0.1) is 0 Å². The van der Waals surface area contributed by atoms with Gasteiger partial charge in [-0.1, -0.05) is 12.8 Å². The van der Waals surface area contributed by atoms with Gasteiger partial charge in [0.15, 0.2) is 5.03 Å². The van der Waals surface area contributed by atoms with E-state index in [1.165, 1.54) is 0 Å². The molecule has 118 valence electrons. The SMILES string of the molecule is CN(C)C1(CNS(=O)(=O)c2[nH]ncc2C(=O)O)CCCC1. The third kappa shape index (κ3) is 3.09. The number of carboxylic acid groups (broad SMARTS) is 1. The molecule has 0 saturated heterocycles. The molecule has 0 spiro atoms. The third-order valence-corrected chi connectivity index (χ3v) is 5.55. The van der Waals surface area contributed by atoms with E-state index in [1.807, 2.05) is 19.0 Å². The molecule has 8 nitrogen and oxygen atoms in total. The van der Waals surface area contributed by atoms with Crippen LogP contribution in [-0.2, 0) is 10.0 Å². The van der Waals surface area contributed by atoms with E-state index in [1.54, 1.807) is 0 Å². The minimum Gasteiger partial charge on any atom is -0.478 e. The number of aromatic amines is 1. The second-order valence-electron chi connectivity index (χ2n) is 5.57. The Balaban J connectivity index is 2.18. The van der Waals surface area contributed by atoms with Crippen molar-refractivity contribution in [2.75, 3.05) is 20.6 Å². The van der Waals surface area contributed by atoms with E-state index in [9.17, 15) is 13.2 Å². The molecule has 21 heavy (non-hydrogen) atoms. The number of aromatic nitrogens is 2. The summed E-state index contributed by atoms with van der Waals surface area (Å²) < 4.78 is 27.1. The molecule has 0 atom stereocenters. The molecular formula is C12H20N4O4S. The molecule has 0 unspecified atom stereocenters. The Kier molecular flexibility index (Phi) is 4.35. The summed E-state index contributed by atoms with van der Waals surface area (Å²) in [6.07, 6.45) is 4.94. The Bertz CT molecular complexity index is 617. The molecule has 0 aromatic carbocycles. The number of hydrogen-bond acceptors (Lipinski definition) is 5. The fourth-order valence-corrected chi connectivity index (χ4v) is 3.95. The maximum Gasteiger partial charge on any atom is 0.340 e. The molecule has 0 radical (unpaired) electrons. The normalized spacial score (nSPS) is 18.2. The van der Waals surface area contributed by atoms with Crippen LogP contribution in [0.4, 0.5) is 0 Å². The van der Waals surface area contributed by atoms with E-state index in [2.05, 4.69) is 14.9 Å². The van der Waals surface area contributed by atoms with Crippen molar-refractivity contribution in [2.45, 2.75) is 36.2 Å². The summed E-state index contributed by atoms with van der Waals surface area (Å²) in [5.74, 6) is -1.33. The number of carboxylic acids is 1. The lowest BCUT2D eigenvalue weighted by Gasteiger charge is -2.36. The first-order valence-corrected chi connectivity index (χ1v) is 8.21. The van der Waals surface area contributed by atoms with Gasteiger partial charge >= 0.3 is 5.97 Å². The number of hydrogen-bond donors (Lipinski definition) is 3. The summed E-state index contributed by atoms with van der Waals surface area (Å²) in [6, 6.07) is 0. The van der Waals surface area contributed by atoms with Gasteiger partial charge in [-0.2, -0.15) is 5.10 Å². The van der Waals surface area contributed by atoms with E-state index < -0.39 is 21.0 Å². The predicted molar refractivity (Wildman–Crippen MR) is 75.6 cm³/mol. The van der Waals surface area contributed by atoms with E-state index in [0.29, 0.717) is 0 Å². The van der Waals surface area contributed by atoms with Crippen LogP contribution in [0.25, 0.3) is 0 Å². The van der Waals surface area contributed by atoms with Gasteiger partial charge in [0.2, 0.25) is 0 Å². The van der Waals surface area contributed by atoms with E-state index >= 15 is 0 Å². The van der Waals surface area contributed by atoms with E-state index in [4.69, 9.17) is 5.11 Å². The molecule has 0 bridgehead atoms. The van der Waals surface area contributed by atoms with Gasteiger partial charge < -0.3 is 10.0 Å². The summed E-state index contributed by atoms with van der Waals surface area (Å²) in [4.78, 5) is 13.0. The van der Waals surface area contributed by atoms with E-state index in [-0.39, 0.29) is 17.6 Å². The summed E-state index contributed by atoms with van der Waals surface area (Å²) in [6.45, 7) is 0.250. The van der Waals surface area contributed by atoms with Gasteiger partial charge in [0.05, 0.1) is 6.20 Å². The number of H-pyrrole nitrogens is 1. The minimum atomic E-state index is -3.93. The van der Waals surface area contributed by atoms with Crippen LogP contribution in [0.5, 0.6) is 0 Å². The molecule has 1 saturated carbocycles. The zero-order valence-electron chi connectivity index (χ0n) is 12.1. The first-order chi connectivity index (χ1) is 9.78. The van der Waals surface area contributed by atoms with Crippen molar-refractivity contribution in [3.05, 3.63) is 11.8 Å². The molecule has 1 fully saturated rings. The molecule has 1 heterocycles. The Hall–Kier alpha value is -1.45. The highest BCUT2D eigenvalue weighted by Crippen LogP contribution is 2.33. The second kappa shape index (κ2) is 5.74. The first-order valence-electron chi connectivity index (χ1n) is 6.72. The van der Waals surface area contributed by atoms with Crippen LogP contribution < -0.4 is 4.72 Å². The number of rotatable bonds is 6. The molecule has 0 aliphatic heterocycles. The zero-order chi connectivity index (χ0) is 15.7. The summed E-state index contributed by atoms with van der Waals surface area (Å²) in [5.41, 5.74) is -0.566. The van der Waals surface area contributed by atoms with Crippen LogP contribution >= 0.6 is 0 Å². The van der Waals surface area contributed by atoms with Crippen molar-refractivity contribution < 1.29 is 18.3 Å². The molecule has 1 aromatic heterocycles. The lowest BCUT2D eigenvalue weighted by atomic mass is 9.97. The Morgan fingerprint density at radius 3 is 2.62 bits per heavy atom. The average Bonchev–Trinajstić information content (AvgIpc) is 3.06. The quantitative estimate of drug-likeness (QED) is 0.693. The maximum absolute atomic E-state index is 12.3. The maximum atomic E-state index is 12.3. The van der Waals surface area contributed by atoms with E-state index in [0.717, 1.165) is 31.9 Å². The lowest BCUT2D eigenvalue weighted by Crippen LogP contribution is -2.50. The Labute approximate surface area is 123 Å². The summed E-state index contributed by atoms with van der Waals surface area (Å²) in [7, 11) is -0.0692. The topological polar surface area (TPSA) is 115 Å². The number of nitrogens with zero attached hydrogens (tertiary/aromatic N) is 2. The number of nitrogens with one attached hydrogen (secondary N) is 2. The highest BCUT2D eigenvalue weighted by Gasteiger charge is 2.37. The minimum absolute atomic E-state index is 0.212. The first kappa shape index (κ1) is 15.9. The molecule has 1 aromatic rings. The van der Waals surface area contributed by atoms with Gasteiger partial charge in [0, 0.05) is 12.1 Å². The van der Waals surface area contributed by atoms with Gasteiger partial charge in [-0.05, 0) is 26.9 Å². The molecular weight excluding hydrogens is 296 g/mol.